The van der Waals surface area contributed by atoms with E-state index in [9.17, 15) is 4.79 Å². The van der Waals surface area contributed by atoms with Crippen LogP contribution in [0.3, 0.4) is 0 Å². The average molecular weight is 413 g/mol. The summed E-state index contributed by atoms with van der Waals surface area (Å²) < 4.78 is 6.96. The zero-order valence-corrected chi connectivity index (χ0v) is 16.5. The number of rotatable bonds is 6. The lowest BCUT2D eigenvalue weighted by Gasteiger charge is -2.35. The van der Waals surface area contributed by atoms with Crippen molar-refractivity contribution in [2.75, 3.05) is 32.8 Å². The van der Waals surface area contributed by atoms with Crippen LogP contribution in [-0.2, 0) is 4.74 Å². The molecular weight excluding hydrogens is 392 g/mol. The Morgan fingerprint density at radius 3 is 2.66 bits per heavy atom. The lowest BCUT2D eigenvalue weighted by atomic mass is 10.0. The Bertz CT molecular complexity index is 959. The molecule has 1 amide bonds. The molecule has 8 nitrogen and oxygen atoms in total. The number of halogens is 1. The third kappa shape index (κ3) is 4.45. The number of nitrogens with zero attached hydrogens (tertiary/aromatic N) is 5. The number of nitrogens with one attached hydrogen (secondary N) is 1. The molecule has 1 aliphatic heterocycles. The lowest BCUT2D eigenvalue weighted by molar-refractivity contribution is 0.0162. The van der Waals surface area contributed by atoms with E-state index in [1.807, 2.05) is 36.4 Å². The van der Waals surface area contributed by atoms with Crippen molar-refractivity contribution in [3.05, 3.63) is 71.0 Å². The Balaban J connectivity index is 1.55. The molecule has 1 fully saturated rings. The molecule has 0 spiro atoms. The van der Waals surface area contributed by atoms with Crippen molar-refractivity contribution >= 4 is 17.5 Å². The van der Waals surface area contributed by atoms with Gasteiger partial charge in [0.05, 0.1) is 30.5 Å². The SMILES string of the molecule is O=C(NCC(c1ccccc1Cl)N1CCOCC1)c1ccccc1-n1cnnn1. The maximum absolute atomic E-state index is 13.0. The predicted molar refractivity (Wildman–Crippen MR) is 108 cm³/mol. The highest BCUT2D eigenvalue weighted by Crippen LogP contribution is 2.28. The number of aromatic nitrogens is 4. The van der Waals surface area contributed by atoms with Gasteiger partial charge in [-0.05, 0) is 34.2 Å². The van der Waals surface area contributed by atoms with Gasteiger partial charge in [-0.15, -0.1) is 5.10 Å². The Morgan fingerprint density at radius 2 is 1.90 bits per heavy atom. The van der Waals surface area contributed by atoms with E-state index in [2.05, 4.69) is 25.7 Å². The van der Waals surface area contributed by atoms with Crippen molar-refractivity contribution in [3.8, 4) is 5.69 Å². The fraction of sp³-hybridized carbons (Fsp3) is 0.300. The van der Waals surface area contributed by atoms with E-state index >= 15 is 0 Å². The fourth-order valence-corrected chi connectivity index (χ4v) is 3.75. The van der Waals surface area contributed by atoms with Crippen LogP contribution in [0.15, 0.2) is 54.9 Å². The third-order valence-electron chi connectivity index (χ3n) is 4.95. The summed E-state index contributed by atoms with van der Waals surface area (Å²) >= 11 is 6.47. The number of amides is 1. The van der Waals surface area contributed by atoms with Gasteiger partial charge >= 0.3 is 0 Å². The molecule has 1 unspecified atom stereocenters. The van der Waals surface area contributed by atoms with Crippen LogP contribution in [-0.4, -0.2) is 63.9 Å². The Hall–Kier alpha value is -2.81. The summed E-state index contributed by atoms with van der Waals surface area (Å²) in [6.45, 7) is 3.32. The van der Waals surface area contributed by atoms with Gasteiger partial charge in [0.2, 0.25) is 0 Å². The van der Waals surface area contributed by atoms with Crippen molar-refractivity contribution < 1.29 is 9.53 Å². The molecule has 9 heteroatoms. The van der Waals surface area contributed by atoms with Crippen LogP contribution in [0.4, 0.5) is 0 Å². The first-order valence-corrected chi connectivity index (χ1v) is 9.78. The Morgan fingerprint density at radius 1 is 1.14 bits per heavy atom. The van der Waals surface area contributed by atoms with E-state index in [1.54, 1.807) is 12.1 Å². The topological polar surface area (TPSA) is 85.2 Å². The number of carbonyl (C=O) groups is 1. The molecule has 1 saturated heterocycles. The minimum Gasteiger partial charge on any atom is -0.379 e. The van der Waals surface area contributed by atoms with Gasteiger partial charge in [0.15, 0.2) is 0 Å². The first-order valence-electron chi connectivity index (χ1n) is 9.41. The number of para-hydroxylation sites is 1. The second kappa shape index (κ2) is 9.13. The van der Waals surface area contributed by atoms with Gasteiger partial charge in [-0.1, -0.05) is 41.9 Å². The van der Waals surface area contributed by atoms with Gasteiger partial charge in [0.25, 0.3) is 5.91 Å². The quantitative estimate of drug-likeness (QED) is 0.667. The van der Waals surface area contributed by atoms with Crippen LogP contribution in [0.25, 0.3) is 5.69 Å². The minimum absolute atomic E-state index is 0.0447. The summed E-state index contributed by atoms with van der Waals surface area (Å²) in [5.74, 6) is -0.193. The molecule has 29 heavy (non-hydrogen) atoms. The zero-order valence-electron chi connectivity index (χ0n) is 15.7. The van der Waals surface area contributed by atoms with Gasteiger partial charge in [0.1, 0.15) is 6.33 Å². The molecule has 4 rings (SSSR count). The standard InChI is InChI=1S/C20H21ClN6O2/c21-17-7-3-1-5-15(17)19(26-9-11-29-12-10-26)13-22-20(28)16-6-2-4-8-18(16)27-14-23-24-25-27/h1-8,14,19H,9-13H2,(H,22,28). The smallest absolute Gasteiger partial charge is 0.253 e. The van der Waals surface area contributed by atoms with Crippen molar-refractivity contribution in [2.45, 2.75) is 6.04 Å². The van der Waals surface area contributed by atoms with Gasteiger partial charge in [-0.2, -0.15) is 4.68 Å². The second-order valence-corrected chi connectivity index (χ2v) is 7.07. The molecule has 1 atom stereocenters. The highest BCUT2D eigenvalue weighted by atomic mass is 35.5. The Kier molecular flexibility index (Phi) is 6.14. The van der Waals surface area contributed by atoms with Gasteiger partial charge in [-0.25, -0.2) is 0 Å². The van der Waals surface area contributed by atoms with Crippen molar-refractivity contribution in [1.82, 2.24) is 30.4 Å². The molecule has 1 aromatic heterocycles. The molecule has 0 saturated carbocycles. The first kappa shape index (κ1) is 19.5. The van der Waals surface area contributed by atoms with Crippen LogP contribution in [0, 0.1) is 0 Å². The highest BCUT2D eigenvalue weighted by molar-refractivity contribution is 6.31. The maximum Gasteiger partial charge on any atom is 0.253 e. The average Bonchev–Trinajstić information content (AvgIpc) is 3.30. The number of hydrogen-bond donors (Lipinski definition) is 1. The molecule has 2 aromatic carbocycles. The molecular formula is C20H21ClN6O2. The van der Waals surface area contributed by atoms with Gasteiger partial charge in [0, 0.05) is 24.7 Å². The van der Waals surface area contributed by atoms with Crippen molar-refractivity contribution in [1.29, 1.82) is 0 Å². The van der Waals surface area contributed by atoms with Crippen molar-refractivity contribution in [2.24, 2.45) is 0 Å². The summed E-state index contributed by atoms with van der Waals surface area (Å²) in [5, 5.41) is 14.9. The maximum atomic E-state index is 13.0. The number of ether oxygens (including phenoxy) is 1. The number of morpholine rings is 1. The first-order chi connectivity index (χ1) is 14.2. The molecule has 3 aromatic rings. The van der Waals surface area contributed by atoms with Crippen LogP contribution in [0.5, 0.6) is 0 Å². The highest BCUT2D eigenvalue weighted by Gasteiger charge is 2.25. The van der Waals surface area contributed by atoms with E-state index in [-0.39, 0.29) is 11.9 Å². The monoisotopic (exact) mass is 412 g/mol. The lowest BCUT2D eigenvalue weighted by Crippen LogP contribution is -2.44. The predicted octanol–water partition coefficient (Wildman–Crippen LogP) is 2.12. The summed E-state index contributed by atoms with van der Waals surface area (Å²) in [6.07, 6.45) is 1.46. The molecule has 0 radical (unpaired) electrons. The minimum atomic E-state index is -0.193. The summed E-state index contributed by atoms with van der Waals surface area (Å²) in [5.41, 5.74) is 2.11. The van der Waals surface area contributed by atoms with E-state index in [0.29, 0.717) is 36.0 Å². The zero-order chi connectivity index (χ0) is 20.1. The number of hydrogen-bond acceptors (Lipinski definition) is 6. The molecule has 0 bridgehead atoms. The fourth-order valence-electron chi connectivity index (χ4n) is 3.49. The van der Waals surface area contributed by atoms with E-state index < -0.39 is 0 Å². The normalized spacial score (nSPS) is 15.8. The number of benzene rings is 2. The second-order valence-electron chi connectivity index (χ2n) is 6.67. The molecule has 1 aliphatic rings. The molecule has 150 valence electrons. The van der Waals surface area contributed by atoms with E-state index in [1.165, 1.54) is 11.0 Å². The van der Waals surface area contributed by atoms with E-state index in [4.69, 9.17) is 16.3 Å². The van der Waals surface area contributed by atoms with Crippen molar-refractivity contribution in [3.63, 3.8) is 0 Å². The summed E-state index contributed by atoms with van der Waals surface area (Å²) in [7, 11) is 0. The largest absolute Gasteiger partial charge is 0.379 e. The van der Waals surface area contributed by atoms with Crippen LogP contribution in [0.2, 0.25) is 5.02 Å². The number of carbonyl (C=O) groups excluding carboxylic acids is 1. The molecule has 2 heterocycles. The Labute approximate surface area is 173 Å². The van der Waals surface area contributed by atoms with Crippen LogP contribution in [0.1, 0.15) is 22.0 Å². The van der Waals surface area contributed by atoms with Crippen LogP contribution >= 0.6 is 11.6 Å². The van der Waals surface area contributed by atoms with E-state index in [0.717, 1.165) is 18.7 Å². The third-order valence-corrected chi connectivity index (χ3v) is 5.30. The number of tetrazole rings is 1. The molecule has 1 N–H and O–H groups in total. The summed E-state index contributed by atoms with van der Waals surface area (Å²) in [6, 6.07) is 14.9. The van der Waals surface area contributed by atoms with Gasteiger partial charge in [-0.3, -0.25) is 9.69 Å². The molecule has 0 aliphatic carbocycles. The summed E-state index contributed by atoms with van der Waals surface area (Å²) in [4.78, 5) is 15.3. The van der Waals surface area contributed by atoms with Gasteiger partial charge < -0.3 is 10.1 Å². The van der Waals surface area contributed by atoms with Crippen LogP contribution < -0.4 is 5.32 Å².